The van der Waals surface area contributed by atoms with Crippen molar-refractivity contribution in [2.24, 2.45) is 5.92 Å². The monoisotopic (exact) mass is 241 g/mol. The van der Waals surface area contributed by atoms with Gasteiger partial charge in [-0.15, -0.1) is 6.58 Å². The largest absolute Gasteiger partial charge is 0.290 e. The third-order valence-corrected chi connectivity index (χ3v) is 3.95. The Bertz CT molecular complexity index is 407. The van der Waals surface area contributed by atoms with Gasteiger partial charge in [-0.3, -0.25) is 4.90 Å². The molecule has 1 nitrogen and oxygen atoms in total. The van der Waals surface area contributed by atoms with Gasteiger partial charge in [-0.2, -0.15) is 0 Å². The van der Waals surface area contributed by atoms with Gasteiger partial charge in [0.15, 0.2) is 0 Å². The Morgan fingerprint density at radius 1 is 1.17 bits per heavy atom. The number of allylic oxidation sites excluding steroid dienone is 1. The highest BCUT2D eigenvalue weighted by atomic mass is 15.2. The highest BCUT2D eigenvalue weighted by molar-refractivity contribution is 5.16. The Hall–Kier alpha value is -1.34. The number of hydrogen-bond acceptors (Lipinski definition) is 1. The highest BCUT2D eigenvalue weighted by Crippen LogP contribution is 2.26. The van der Waals surface area contributed by atoms with E-state index in [1.807, 2.05) is 6.08 Å². The number of nitrogens with zero attached hydrogens (tertiary/aromatic N) is 1. The van der Waals surface area contributed by atoms with Crippen LogP contribution in [0.3, 0.4) is 0 Å². The van der Waals surface area contributed by atoms with Crippen LogP contribution >= 0.6 is 0 Å². The Balaban J connectivity index is 2.11. The summed E-state index contributed by atoms with van der Waals surface area (Å²) in [5.74, 6) is 0.599. The van der Waals surface area contributed by atoms with Crippen molar-refractivity contribution in [1.82, 2.24) is 4.90 Å². The molecular formula is C17H23N. The van der Waals surface area contributed by atoms with E-state index in [1.54, 1.807) is 0 Å². The number of rotatable bonds is 4. The zero-order chi connectivity index (χ0) is 13.0. The van der Waals surface area contributed by atoms with Gasteiger partial charge in [-0.25, -0.2) is 0 Å². The fraction of sp³-hybridized carbons (Fsp3) is 0.412. The maximum Gasteiger partial charge on any atom is 0.0256 e. The summed E-state index contributed by atoms with van der Waals surface area (Å²) < 4.78 is 0. The van der Waals surface area contributed by atoms with Crippen molar-refractivity contribution in [1.29, 1.82) is 0 Å². The first-order valence-electron chi connectivity index (χ1n) is 6.81. The molecule has 0 aromatic heterocycles. The molecule has 0 saturated heterocycles. The van der Waals surface area contributed by atoms with Gasteiger partial charge in [0, 0.05) is 18.6 Å². The van der Waals surface area contributed by atoms with Gasteiger partial charge in [0.1, 0.15) is 0 Å². The lowest BCUT2D eigenvalue weighted by molar-refractivity contribution is 0.126. The second kappa shape index (κ2) is 6.01. The summed E-state index contributed by atoms with van der Waals surface area (Å²) in [6.45, 7) is 9.50. The number of hydrogen-bond donors (Lipinski definition) is 0. The van der Waals surface area contributed by atoms with Gasteiger partial charge in [-0.05, 0) is 31.7 Å². The molecule has 0 aliphatic carbocycles. The van der Waals surface area contributed by atoms with Crippen LogP contribution in [0.2, 0.25) is 0 Å². The molecule has 1 aliphatic heterocycles. The Labute approximate surface area is 111 Å². The molecule has 0 N–H and O–H groups in total. The minimum Gasteiger partial charge on any atom is -0.290 e. The van der Waals surface area contributed by atoms with E-state index in [1.165, 1.54) is 5.56 Å². The molecule has 1 aliphatic rings. The minimum atomic E-state index is 0.515. The zero-order valence-corrected chi connectivity index (χ0v) is 11.4. The van der Waals surface area contributed by atoms with Crippen molar-refractivity contribution in [3.8, 4) is 0 Å². The predicted octanol–water partition coefficient (Wildman–Crippen LogP) is 4.03. The van der Waals surface area contributed by atoms with Crippen molar-refractivity contribution in [3.63, 3.8) is 0 Å². The maximum absolute atomic E-state index is 3.86. The minimum absolute atomic E-state index is 0.515. The topological polar surface area (TPSA) is 3.24 Å². The molecule has 2 rings (SSSR count). The molecule has 3 atom stereocenters. The molecule has 1 aromatic carbocycles. The first kappa shape index (κ1) is 13.1. The van der Waals surface area contributed by atoms with E-state index in [9.17, 15) is 0 Å². The van der Waals surface area contributed by atoms with Crippen LogP contribution < -0.4 is 0 Å². The van der Waals surface area contributed by atoms with Gasteiger partial charge in [0.05, 0.1) is 0 Å². The molecule has 1 aromatic rings. The standard InChI is InChI=1S/C17H23N/c1-4-8-17-12-11-14(2)18(15(17)3)13-16-9-6-5-7-10-16/h4-7,9-12,14-15,17H,1,8,13H2,2-3H3/t14-,15+,17-/m0/s1. The van der Waals surface area contributed by atoms with E-state index in [0.717, 1.165) is 13.0 Å². The van der Waals surface area contributed by atoms with Gasteiger partial charge in [0.2, 0.25) is 0 Å². The van der Waals surface area contributed by atoms with Gasteiger partial charge < -0.3 is 0 Å². The molecule has 0 amide bonds. The molecule has 1 heteroatoms. The van der Waals surface area contributed by atoms with Crippen molar-refractivity contribution < 1.29 is 0 Å². The van der Waals surface area contributed by atoms with Gasteiger partial charge in [0.25, 0.3) is 0 Å². The second-order valence-corrected chi connectivity index (χ2v) is 5.21. The Morgan fingerprint density at radius 2 is 1.89 bits per heavy atom. The van der Waals surface area contributed by atoms with Crippen LogP contribution in [0.15, 0.2) is 55.1 Å². The lowest BCUT2D eigenvalue weighted by atomic mass is 9.90. The summed E-state index contributed by atoms with van der Waals surface area (Å²) in [7, 11) is 0. The molecule has 1 heterocycles. The highest BCUT2D eigenvalue weighted by Gasteiger charge is 2.27. The van der Waals surface area contributed by atoms with E-state index in [2.05, 4.69) is 67.8 Å². The summed E-state index contributed by atoms with van der Waals surface area (Å²) in [5.41, 5.74) is 1.39. The molecule has 18 heavy (non-hydrogen) atoms. The molecule has 96 valence electrons. The van der Waals surface area contributed by atoms with Crippen LogP contribution in [0.1, 0.15) is 25.8 Å². The molecular weight excluding hydrogens is 218 g/mol. The van der Waals surface area contributed by atoms with Crippen LogP contribution in [-0.2, 0) is 6.54 Å². The first-order valence-corrected chi connectivity index (χ1v) is 6.81. The predicted molar refractivity (Wildman–Crippen MR) is 78.4 cm³/mol. The molecule has 0 saturated carbocycles. The van der Waals surface area contributed by atoms with E-state index in [0.29, 0.717) is 18.0 Å². The molecule has 0 spiro atoms. The second-order valence-electron chi connectivity index (χ2n) is 5.21. The fourth-order valence-electron chi connectivity index (χ4n) is 2.74. The maximum atomic E-state index is 3.86. The van der Waals surface area contributed by atoms with Crippen LogP contribution in [0, 0.1) is 5.92 Å². The fourth-order valence-corrected chi connectivity index (χ4v) is 2.74. The van der Waals surface area contributed by atoms with Crippen molar-refractivity contribution in [2.45, 2.75) is 38.9 Å². The Morgan fingerprint density at radius 3 is 2.56 bits per heavy atom. The first-order chi connectivity index (χ1) is 8.72. The van der Waals surface area contributed by atoms with Crippen LogP contribution in [0.25, 0.3) is 0 Å². The third kappa shape index (κ3) is 2.91. The summed E-state index contributed by atoms with van der Waals surface area (Å²) in [6.07, 6.45) is 7.79. The van der Waals surface area contributed by atoms with Crippen LogP contribution in [0.5, 0.6) is 0 Å². The summed E-state index contributed by atoms with van der Waals surface area (Å²) >= 11 is 0. The molecule has 0 fully saturated rings. The van der Waals surface area contributed by atoms with Crippen molar-refractivity contribution >= 4 is 0 Å². The van der Waals surface area contributed by atoms with Crippen LogP contribution in [-0.4, -0.2) is 17.0 Å². The quantitative estimate of drug-likeness (QED) is 0.719. The smallest absolute Gasteiger partial charge is 0.0256 e. The van der Waals surface area contributed by atoms with E-state index < -0.39 is 0 Å². The lowest BCUT2D eigenvalue weighted by Gasteiger charge is -2.40. The average Bonchev–Trinajstić information content (AvgIpc) is 2.39. The zero-order valence-electron chi connectivity index (χ0n) is 11.4. The molecule has 0 radical (unpaired) electrons. The van der Waals surface area contributed by atoms with Crippen LogP contribution in [0.4, 0.5) is 0 Å². The van der Waals surface area contributed by atoms with E-state index in [-0.39, 0.29) is 0 Å². The van der Waals surface area contributed by atoms with Gasteiger partial charge in [-0.1, -0.05) is 48.6 Å². The molecule has 0 unspecified atom stereocenters. The Kier molecular flexibility index (Phi) is 4.38. The van der Waals surface area contributed by atoms with Crippen molar-refractivity contribution in [3.05, 3.63) is 60.7 Å². The average molecular weight is 241 g/mol. The van der Waals surface area contributed by atoms with E-state index >= 15 is 0 Å². The lowest BCUT2D eigenvalue weighted by Crippen LogP contribution is -2.45. The third-order valence-electron chi connectivity index (χ3n) is 3.95. The summed E-state index contributed by atoms with van der Waals surface area (Å²) in [6, 6.07) is 11.8. The molecule has 0 bridgehead atoms. The summed E-state index contributed by atoms with van der Waals surface area (Å²) in [4.78, 5) is 2.57. The SMILES string of the molecule is C=CC[C@H]1C=C[C@H](C)N(Cc2ccccc2)[C@@H]1C. The normalized spacial score (nSPS) is 28.2. The van der Waals surface area contributed by atoms with Crippen molar-refractivity contribution in [2.75, 3.05) is 0 Å². The van der Waals surface area contributed by atoms with E-state index in [4.69, 9.17) is 0 Å². The summed E-state index contributed by atoms with van der Waals surface area (Å²) in [5, 5.41) is 0. The van der Waals surface area contributed by atoms with Gasteiger partial charge >= 0.3 is 0 Å². The number of benzene rings is 1.